The zero-order chi connectivity index (χ0) is 9.86. The van der Waals surface area contributed by atoms with Gasteiger partial charge < -0.3 is 20.5 Å². The van der Waals surface area contributed by atoms with Gasteiger partial charge in [0.25, 0.3) is 0 Å². The summed E-state index contributed by atoms with van der Waals surface area (Å²) in [4.78, 5) is 0. The van der Waals surface area contributed by atoms with Crippen LogP contribution in [0.1, 0.15) is 19.3 Å². The van der Waals surface area contributed by atoms with Crippen LogP contribution in [0, 0.1) is 0 Å². The van der Waals surface area contributed by atoms with Gasteiger partial charge in [-0.2, -0.15) is 0 Å². The second-order valence-electron chi connectivity index (χ2n) is 4.45. The molecule has 2 fully saturated rings. The van der Waals surface area contributed by atoms with Crippen LogP contribution in [-0.4, -0.2) is 49.6 Å². The van der Waals surface area contributed by atoms with Crippen LogP contribution in [-0.2, 0) is 4.74 Å². The largest absolute Gasteiger partial charge is 0.386 e. The lowest BCUT2D eigenvalue weighted by Crippen LogP contribution is -2.49. The highest BCUT2D eigenvalue weighted by molar-refractivity contribution is 4.87. The minimum absolute atomic E-state index is 0.486. The minimum atomic E-state index is -0.614. The van der Waals surface area contributed by atoms with Crippen LogP contribution in [0.15, 0.2) is 0 Å². The molecule has 2 saturated heterocycles. The SMILES string of the molecule is OC1(CNC2CCCNC2)CCOC1. The lowest BCUT2D eigenvalue weighted by atomic mass is 10.0. The highest BCUT2D eigenvalue weighted by Gasteiger charge is 2.32. The first-order valence-corrected chi connectivity index (χ1v) is 5.53. The molecule has 0 saturated carbocycles. The Morgan fingerprint density at radius 3 is 3.14 bits per heavy atom. The van der Waals surface area contributed by atoms with Crippen molar-refractivity contribution in [2.45, 2.75) is 30.9 Å². The summed E-state index contributed by atoms with van der Waals surface area (Å²) >= 11 is 0. The summed E-state index contributed by atoms with van der Waals surface area (Å²) in [5.74, 6) is 0. The van der Waals surface area contributed by atoms with Crippen LogP contribution < -0.4 is 10.6 Å². The Morgan fingerprint density at radius 1 is 1.57 bits per heavy atom. The number of hydrogen-bond acceptors (Lipinski definition) is 4. The molecule has 2 atom stereocenters. The van der Waals surface area contributed by atoms with E-state index in [0.717, 1.165) is 19.5 Å². The quantitative estimate of drug-likeness (QED) is 0.574. The molecular weight excluding hydrogens is 180 g/mol. The van der Waals surface area contributed by atoms with Gasteiger partial charge in [-0.3, -0.25) is 0 Å². The van der Waals surface area contributed by atoms with E-state index in [2.05, 4.69) is 10.6 Å². The van der Waals surface area contributed by atoms with Crippen LogP contribution in [0.2, 0.25) is 0 Å². The molecule has 2 rings (SSSR count). The number of piperidine rings is 1. The van der Waals surface area contributed by atoms with Crippen molar-refractivity contribution in [3.05, 3.63) is 0 Å². The van der Waals surface area contributed by atoms with Gasteiger partial charge in [-0.15, -0.1) is 0 Å². The Bertz CT molecular complexity index is 175. The van der Waals surface area contributed by atoms with E-state index in [1.165, 1.54) is 12.8 Å². The summed E-state index contributed by atoms with van der Waals surface area (Å²) in [5, 5.41) is 16.8. The van der Waals surface area contributed by atoms with Gasteiger partial charge >= 0.3 is 0 Å². The number of aliphatic hydroxyl groups is 1. The van der Waals surface area contributed by atoms with Crippen molar-refractivity contribution >= 4 is 0 Å². The average molecular weight is 200 g/mol. The van der Waals surface area contributed by atoms with Crippen molar-refractivity contribution < 1.29 is 9.84 Å². The maximum Gasteiger partial charge on any atom is 0.102 e. The normalized spacial score (nSPS) is 38.8. The van der Waals surface area contributed by atoms with Crippen molar-refractivity contribution in [2.75, 3.05) is 32.8 Å². The molecule has 2 aliphatic rings. The van der Waals surface area contributed by atoms with Gasteiger partial charge in [0.1, 0.15) is 5.60 Å². The Labute approximate surface area is 85.0 Å². The van der Waals surface area contributed by atoms with E-state index < -0.39 is 5.60 Å². The summed E-state index contributed by atoms with van der Waals surface area (Å²) < 4.78 is 5.19. The number of nitrogens with one attached hydrogen (secondary N) is 2. The zero-order valence-electron chi connectivity index (χ0n) is 8.59. The van der Waals surface area contributed by atoms with E-state index in [9.17, 15) is 5.11 Å². The van der Waals surface area contributed by atoms with E-state index in [1.807, 2.05) is 0 Å². The van der Waals surface area contributed by atoms with Crippen molar-refractivity contribution in [1.29, 1.82) is 0 Å². The van der Waals surface area contributed by atoms with E-state index in [-0.39, 0.29) is 0 Å². The number of rotatable bonds is 3. The molecule has 0 aromatic heterocycles. The van der Waals surface area contributed by atoms with Gasteiger partial charge in [-0.25, -0.2) is 0 Å². The first-order valence-electron chi connectivity index (χ1n) is 5.53. The van der Waals surface area contributed by atoms with Gasteiger partial charge in [-0.1, -0.05) is 0 Å². The minimum Gasteiger partial charge on any atom is -0.386 e. The Hall–Kier alpha value is -0.160. The molecule has 0 spiro atoms. The lowest BCUT2D eigenvalue weighted by Gasteiger charge is -2.28. The predicted octanol–water partition coefficient (Wildman–Crippen LogP) is -0.521. The first kappa shape index (κ1) is 10.4. The molecule has 4 nitrogen and oxygen atoms in total. The third-order valence-electron chi connectivity index (χ3n) is 3.10. The fourth-order valence-corrected chi connectivity index (χ4v) is 2.10. The third-order valence-corrected chi connectivity index (χ3v) is 3.10. The summed E-state index contributed by atoms with van der Waals surface area (Å²) in [6.45, 7) is 4.00. The summed E-state index contributed by atoms with van der Waals surface area (Å²) in [5.41, 5.74) is -0.614. The zero-order valence-corrected chi connectivity index (χ0v) is 8.59. The second-order valence-corrected chi connectivity index (χ2v) is 4.45. The topological polar surface area (TPSA) is 53.5 Å². The molecule has 0 aliphatic carbocycles. The highest BCUT2D eigenvalue weighted by atomic mass is 16.5. The fourth-order valence-electron chi connectivity index (χ4n) is 2.10. The molecule has 0 bridgehead atoms. The van der Waals surface area contributed by atoms with E-state index >= 15 is 0 Å². The van der Waals surface area contributed by atoms with Crippen LogP contribution >= 0.6 is 0 Å². The molecule has 82 valence electrons. The molecule has 0 radical (unpaired) electrons. The fraction of sp³-hybridized carbons (Fsp3) is 1.00. The average Bonchev–Trinajstić information content (AvgIpc) is 2.65. The van der Waals surface area contributed by atoms with Crippen LogP contribution in [0.4, 0.5) is 0 Å². The Kier molecular flexibility index (Phi) is 3.38. The molecule has 0 aromatic rings. The van der Waals surface area contributed by atoms with Crippen molar-refractivity contribution in [1.82, 2.24) is 10.6 Å². The maximum atomic E-state index is 10.0. The Morgan fingerprint density at radius 2 is 2.50 bits per heavy atom. The van der Waals surface area contributed by atoms with Crippen LogP contribution in [0.3, 0.4) is 0 Å². The maximum absolute atomic E-state index is 10.0. The summed E-state index contributed by atoms with van der Waals surface area (Å²) in [6.07, 6.45) is 3.21. The van der Waals surface area contributed by atoms with Gasteiger partial charge in [0.05, 0.1) is 6.61 Å². The number of ether oxygens (including phenoxy) is 1. The molecule has 3 N–H and O–H groups in total. The van der Waals surface area contributed by atoms with E-state index in [1.54, 1.807) is 0 Å². The predicted molar refractivity (Wildman–Crippen MR) is 54.3 cm³/mol. The van der Waals surface area contributed by atoms with E-state index in [0.29, 0.717) is 25.8 Å². The van der Waals surface area contributed by atoms with Gasteiger partial charge in [0.15, 0.2) is 0 Å². The molecule has 14 heavy (non-hydrogen) atoms. The lowest BCUT2D eigenvalue weighted by molar-refractivity contribution is 0.0242. The van der Waals surface area contributed by atoms with Crippen LogP contribution in [0.25, 0.3) is 0 Å². The molecule has 2 unspecified atom stereocenters. The summed E-state index contributed by atoms with van der Waals surface area (Å²) in [6, 6.07) is 0.522. The summed E-state index contributed by atoms with van der Waals surface area (Å²) in [7, 11) is 0. The Balaban J connectivity index is 1.70. The monoisotopic (exact) mass is 200 g/mol. The highest BCUT2D eigenvalue weighted by Crippen LogP contribution is 2.17. The smallest absolute Gasteiger partial charge is 0.102 e. The van der Waals surface area contributed by atoms with Crippen LogP contribution in [0.5, 0.6) is 0 Å². The molecule has 4 heteroatoms. The standard InChI is InChI=1S/C10H20N2O2/c13-10(3-5-14-8-10)7-12-9-2-1-4-11-6-9/h9,11-13H,1-8H2. The first-order chi connectivity index (χ1) is 6.79. The molecule has 2 heterocycles. The second kappa shape index (κ2) is 4.57. The molecular formula is C10H20N2O2. The number of hydrogen-bond donors (Lipinski definition) is 3. The van der Waals surface area contributed by atoms with Crippen molar-refractivity contribution in [3.63, 3.8) is 0 Å². The van der Waals surface area contributed by atoms with Gasteiger partial charge in [0, 0.05) is 32.2 Å². The molecule has 2 aliphatic heterocycles. The third kappa shape index (κ3) is 2.67. The molecule has 0 amide bonds. The van der Waals surface area contributed by atoms with Crippen molar-refractivity contribution in [2.24, 2.45) is 0 Å². The molecule has 0 aromatic carbocycles. The van der Waals surface area contributed by atoms with Gasteiger partial charge in [-0.05, 0) is 19.4 Å². The van der Waals surface area contributed by atoms with Gasteiger partial charge in [0.2, 0.25) is 0 Å². The van der Waals surface area contributed by atoms with Crippen molar-refractivity contribution in [3.8, 4) is 0 Å². The van der Waals surface area contributed by atoms with E-state index in [4.69, 9.17) is 4.74 Å².